The lowest BCUT2D eigenvalue weighted by molar-refractivity contribution is -0.0328. The van der Waals surface area contributed by atoms with Crippen LogP contribution in [0.15, 0.2) is 17.0 Å². The molecule has 0 aliphatic heterocycles. The largest absolute Gasteiger partial charge is 0.506 e. The molecule has 7 heteroatoms. The first-order valence-corrected chi connectivity index (χ1v) is 4.81. The van der Waals surface area contributed by atoms with Crippen LogP contribution >= 0.6 is 35.0 Å². The molecule has 0 bridgehead atoms. The van der Waals surface area contributed by atoms with E-state index in [0.29, 0.717) is 0 Å². The van der Waals surface area contributed by atoms with E-state index in [0.717, 1.165) is 12.1 Å². The number of aromatic hydroxyl groups is 1. The normalized spacial score (nSPS) is 11.8. The zero-order valence-corrected chi connectivity index (χ0v) is 8.73. The van der Waals surface area contributed by atoms with Crippen molar-refractivity contribution in [3.05, 3.63) is 22.2 Å². The third-order valence-electron chi connectivity index (χ3n) is 1.25. The van der Waals surface area contributed by atoms with Crippen LogP contribution in [0.4, 0.5) is 13.2 Å². The number of halogens is 5. The lowest BCUT2D eigenvalue weighted by atomic mass is 10.3. The molecule has 78 valence electrons. The van der Waals surface area contributed by atoms with E-state index in [2.05, 4.69) is 0 Å². The molecule has 0 spiro atoms. The third kappa shape index (κ3) is 2.87. The summed E-state index contributed by atoms with van der Waals surface area (Å²) in [6.45, 7) is 0. The van der Waals surface area contributed by atoms with Crippen LogP contribution in [0.3, 0.4) is 0 Å². The Labute approximate surface area is 91.8 Å². The minimum absolute atomic E-state index is 0.143. The molecule has 0 unspecified atom stereocenters. The van der Waals surface area contributed by atoms with Crippen molar-refractivity contribution in [3.63, 3.8) is 0 Å². The number of phenols is 1. The Morgan fingerprint density at radius 3 is 2.29 bits per heavy atom. The minimum Gasteiger partial charge on any atom is -0.506 e. The second kappa shape index (κ2) is 4.08. The summed E-state index contributed by atoms with van der Waals surface area (Å²) in [6.07, 6.45) is 0. The van der Waals surface area contributed by atoms with Gasteiger partial charge in [0.1, 0.15) is 5.75 Å². The quantitative estimate of drug-likeness (QED) is 0.762. The number of hydrogen-bond donors (Lipinski definition) is 1. The van der Waals surface area contributed by atoms with Gasteiger partial charge in [-0.1, -0.05) is 23.2 Å². The smallest absolute Gasteiger partial charge is 0.446 e. The average molecular weight is 263 g/mol. The zero-order chi connectivity index (χ0) is 10.9. The molecule has 1 aromatic rings. The first-order valence-electron chi connectivity index (χ1n) is 3.24. The van der Waals surface area contributed by atoms with Gasteiger partial charge in [0, 0.05) is 0 Å². The van der Waals surface area contributed by atoms with E-state index >= 15 is 0 Å². The topological polar surface area (TPSA) is 20.2 Å². The first kappa shape index (κ1) is 11.8. The van der Waals surface area contributed by atoms with Gasteiger partial charge in [-0.2, -0.15) is 13.2 Å². The van der Waals surface area contributed by atoms with E-state index in [9.17, 15) is 13.2 Å². The minimum atomic E-state index is -4.49. The van der Waals surface area contributed by atoms with E-state index in [-0.39, 0.29) is 14.9 Å². The van der Waals surface area contributed by atoms with Crippen molar-refractivity contribution in [1.82, 2.24) is 0 Å². The van der Waals surface area contributed by atoms with Crippen LogP contribution in [0.25, 0.3) is 0 Å². The summed E-state index contributed by atoms with van der Waals surface area (Å²) in [5, 5.41) is 8.52. The fraction of sp³-hybridized carbons (Fsp3) is 0.143. The second-order valence-electron chi connectivity index (χ2n) is 2.26. The van der Waals surface area contributed by atoms with Crippen LogP contribution in [-0.4, -0.2) is 10.6 Å². The Kier molecular flexibility index (Phi) is 3.44. The van der Waals surface area contributed by atoms with Crippen LogP contribution < -0.4 is 0 Å². The summed E-state index contributed by atoms with van der Waals surface area (Å²) < 4.78 is 36.0. The molecule has 0 fully saturated rings. The van der Waals surface area contributed by atoms with E-state index in [1.165, 1.54) is 0 Å². The number of thioether (sulfide) groups is 1. The molecule has 0 saturated heterocycles. The number of phenolic OH excluding ortho intramolecular Hbond substituents is 1. The Balaban J connectivity index is 3.13. The summed E-state index contributed by atoms with van der Waals surface area (Å²) in [6, 6.07) is 2.28. The van der Waals surface area contributed by atoms with Crippen molar-refractivity contribution in [1.29, 1.82) is 0 Å². The standard InChI is InChI=1S/C7H3Cl2F3OS/c8-3-1-2-4(13)5(9)6(3)14-7(10,11)12/h1-2,13H. The number of hydrogen-bond acceptors (Lipinski definition) is 2. The fourth-order valence-corrected chi connectivity index (χ4v) is 1.92. The molecular weight excluding hydrogens is 260 g/mol. The maximum atomic E-state index is 12.0. The molecular formula is C7H3Cl2F3OS. The van der Waals surface area contributed by atoms with Crippen molar-refractivity contribution in [2.24, 2.45) is 0 Å². The molecule has 0 amide bonds. The van der Waals surface area contributed by atoms with Gasteiger partial charge in [-0.25, -0.2) is 0 Å². The predicted molar refractivity (Wildman–Crippen MR) is 50.0 cm³/mol. The Morgan fingerprint density at radius 1 is 1.21 bits per heavy atom. The third-order valence-corrected chi connectivity index (χ3v) is 3.03. The van der Waals surface area contributed by atoms with Gasteiger partial charge in [0.05, 0.1) is 14.9 Å². The molecule has 0 saturated carbocycles. The lowest BCUT2D eigenvalue weighted by Gasteiger charge is -2.09. The van der Waals surface area contributed by atoms with E-state index in [4.69, 9.17) is 28.3 Å². The highest BCUT2D eigenvalue weighted by atomic mass is 35.5. The Morgan fingerprint density at radius 2 is 1.79 bits per heavy atom. The zero-order valence-electron chi connectivity index (χ0n) is 6.40. The summed E-state index contributed by atoms with van der Waals surface area (Å²) in [5.74, 6) is -0.428. The van der Waals surface area contributed by atoms with Crippen LogP contribution in [0.2, 0.25) is 10.0 Å². The SMILES string of the molecule is Oc1ccc(Cl)c(SC(F)(F)F)c1Cl. The molecule has 14 heavy (non-hydrogen) atoms. The maximum Gasteiger partial charge on any atom is 0.446 e. The number of rotatable bonds is 1. The molecule has 0 aromatic heterocycles. The van der Waals surface area contributed by atoms with Gasteiger partial charge in [0.25, 0.3) is 0 Å². The van der Waals surface area contributed by atoms with E-state index < -0.39 is 23.0 Å². The van der Waals surface area contributed by atoms with E-state index in [1.54, 1.807) is 0 Å². The van der Waals surface area contributed by atoms with E-state index in [1.807, 2.05) is 0 Å². The molecule has 0 atom stereocenters. The summed E-state index contributed by atoms with van der Waals surface area (Å²) in [4.78, 5) is -0.388. The van der Waals surface area contributed by atoms with Crippen LogP contribution in [-0.2, 0) is 0 Å². The highest BCUT2D eigenvalue weighted by Gasteiger charge is 2.32. The van der Waals surface area contributed by atoms with Crippen molar-refractivity contribution in [3.8, 4) is 5.75 Å². The summed E-state index contributed by atoms with van der Waals surface area (Å²) in [5.41, 5.74) is -4.49. The molecule has 0 radical (unpaired) electrons. The van der Waals surface area contributed by atoms with Gasteiger partial charge in [-0.05, 0) is 23.9 Å². The summed E-state index contributed by atoms with van der Waals surface area (Å²) in [7, 11) is 0. The molecule has 1 aromatic carbocycles. The van der Waals surface area contributed by atoms with Crippen molar-refractivity contribution in [2.45, 2.75) is 10.4 Å². The van der Waals surface area contributed by atoms with Crippen LogP contribution in [0.5, 0.6) is 5.75 Å². The van der Waals surface area contributed by atoms with Crippen molar-refractivity contribution < 1.29 is 18.3 Å². The van der Waals surface area contributed by atoms with Gasteiger partial charge >= 0.3 is 5.51 Å². The monoisotopic (exact) mass is 262 g/mol. The first-order chi connectivity index (χ1) is 6.31. The highest BCUT2D eigenvalue weighted by molar-refractivity contribution is 8.00. The van der Waals surface area contributed by atoms with Gasteiger partial charge < -0.3 is 5.11 Å². The lowest BCUT2D eigenvalue weighted by Crippen LogP contribution is -1.99. The number of alkyl halides is 3. The number of benzene rings is 1. The van der Waals surface area contributed by atoms with Crippen LogP contribution in [0.1, 0.15) is 0 Å². The fourth-order valence-electron chi connectivity index (χ4n) is 0.731. The second-order valence-corrected chi connectivity index (χ2v) is 4.12. The van der Waals surface area contributed by atoms with Gasteiger partial charge in [0.2, 0.25) is 0 Å². The molecule has 0 aliphatic carbocycles. The molecule has 1 nitrogen and oxygen atoms in total. The van der Waals surface area contributed by atoms with Crippen molar-refractivity contribution >= 4 is 35.0 Å². The van der Waals surface area contributed by atoms with Gasteiger partial charge in [-0.3, -0.25) is 0 Å². The van der Waals surface area contributed by atoms with Gasteiger partial charge in [-0.15, -0.1) is 0 Å². The van der Waals surface area contributed by atoms with Crippen LogP contribution in [0, 0.1) is 0 Å². The van der Waals surface area contributed by atoms with Gasteiger partial charge in [0.15, 0.2) is 0 Å². The highest BCUT2D eigenvalue weighted by Crippen LogP contribution is 2.46. The molecule has 0 heterocycles. The Hall–Kier alpha value is -0.260. The molecule has 0 aliphatic rings. The maximum absolute atomic E-state index is 12.0. The molecule has 1 rings (SSSR count). The molecule has 1 N–H and O–H groups in total. The summed E-state index contributed by atoms with van der Waals surface area (Å²) >= 11 is 10.5. The van der Waals surface area contributed by atoms with Crippen molar-refractivity contribution in [2.75, 3.05) is 0 Å². The Bertz CT molecular complexity index is 354. The average Bonchev–Trinajstić information content (AvgIpc) is 2.04. The predicted octanol–water partition coefficient (Wildman–Crippen LogP) is 4.31.